The van der Waals surface area contributed by atoms with Crippen molar-refractivity contribution < 1.29 is 14.8 Å². The van der Waals surface area contributed by atoms with Gasteiger partial charge in [0.2, 0.25) is 11.8 Å². The van der Waals surface area contributed by atoms with E-state index in [9.17, 15) is 9.59 Å². The van der Waals surface area contributed by atoms with Crippen LogP contribution in [0.5, 0.6) is 0 Å². The van der Waals surface area contributed by atoms with Crippen LogP contribution in [0.4, 0.5) is 11.4 Å². The monoisotopic (exact) mass is 480 g/mol. The summed E-state index contributed by atoms with van der Waals surface area (Å²) in [4.78, 5) is 27.4. The van der Waals surface area contributed by atoms with E-state index in [0.29, 0.717) is 12.8 Å². The summed E-state index contributed by atoms with van der Waals surface area (Å²) in [6.45, 7) is 0. The molecule has 0 aliphatic carbocycles. The van der Waals surface area contributed by atoms with Crippen LogP contribution in [0.25, 0.3) is 10.8 Å². The average molecular weight is 481 g/mol. The van der Waals surface area contributed by atoms with Crippen molar-refractivity contribution in [3.05, 3.63) is 66.7 Å². The predicted molar refractivity (Wildman–Crippen MR) is 139 cm³/mol. The second-order valence-corrected chi connectivity index (χ2v) is 9.16. The van der Waals surface area contributed by atoms with Gasteiger partial charge in [-0.3, -0.25) is 14.8 Å². The largest absolute Gasteiger partial charge is 0.377 e. The number of nitrogens with zero attached hydrogens (tertiary/aromatic N) is 1. The molecule has 0 fully saturated rings. The molecule has 0 saturated heterocycles. The first kappa shape index (κ1) is 25.6. The van der Waals surface area contributed by atoms with E-state index in [1.54, 1.807) is 5.48 Å². The van der Waals surface area contributed by atoms with Gasteiger partial charge in [0.25, 0.3) is 0 Å². The van der Waals surface area contributed by atoms with Crippen molar-refractivity contribution in [1.29, 1.82) is 0 Å². The van der Waals surface area contributed by atoms with E-state index < -0.39 is 6.04 Å². The number of hydroxylamine groups is 1. The third-order valence-electron chi connectivity index (χ3n) is 5.53. The summed E-state index contributed by atoms with van der Waals surface area (Å²) in [6.07, 6.45) is 3.11. The van der Waals surface area contributed by atoms with E-state index in [0.717, 1.165) is 39.9 Å². The van der Waals surface area contributed by atoms with E-state index in [1.807, 2.05) is 56.6 Å². The Labute approximate surface area is 205 Å². The molecule has 2 amide bonds. The van der Waals surface area contributed by atoms with Gasteiger partial charge in [0, 0.05) is 42.2 Å². The number of para-hydroxylation sites is 1. The first-order valence-corrected chi connectivity index (χ1v) is 12.2. The number of amides is 2. The maximum absolute atomic E-state index is 13.1. The number of hydrogen-bond acceptors (Lipinski definition) is 6. The summed E-state index contributed by atoms with van der Waals surface area (Å²) in [5, 5.41) is 13.9. The first-order valence-electron chi connectivity index (χ1n) is 11.4. The maximum atomic E-state index is 13.1. The zero-order chi connectivity index (χ0) is 24.3. The molecule has 0 heterocycles. The van der Waals surface area contributed by atoms with Crippen LogP contribution in [0.3, 0.4) is 0 Å². The van der Waals surface area contributed by atoms with Crippen molar-refractivity contribution in [2.24, 2.45) is 0 Å². The van der Waals surface area contributed by atoms with E-state index in [4.69, 9.17) is 5.21 Å². The summed E-state index contributed by atoms with van der Waals surface area (Å²) in [6, 6.07) is 21.4. The lowest BCUT2D eigenvalue weighted by atomic mass is 10.1. The molecule has 3 aromatic rings. The summed E-state index contributed by atoms with van der Waals surface area (Å²) in [7, 11) is 4.06. The van der Waals surface area contributed by atoms with Crippen LogP contribution in [0, 0.1) is 0 Å². The molecule has 0 saturated carbocycles. The lowest BCUT2D eigenvalue weighted by molar-refractivity contribution is -0.129. The molecule has 0 unspecified atom stereocenters. The van der Waals surface area contributed by atoms with E-state index in [-0.39, 0.29) is 18.2 Å². The molecule has 34 heavy (non-hydrogen) atoms. The molecule has 4 N–H and O–H groups in total. The summed E-state index contributed by atoms with van der Waals surface area (Å²) >= 11 is 1.46. The quantitative estimate of drug-likeness (QED) is 0.127. The van der Waals surface area contributed by atoms with Crippen molar-refractivity contribution in [1.82, 2.24) is 10.2 Å². The lowest BCUT2D eigenvalue weighted by Gasteiger charge is -2.20. The second kappa shape index (κ2) is 13.0. The van der Waals surface area contributed by atoms with Crippen molar-refractivity contribution >= 4 is 45.9 Å². The Kier molecular flexibility index (Phi) is 9.75. The van der Waals surface area contributed by atoms with Gasteiger partial charge in [-0.1, -0.05) is 55.3 Å². The Morgan fingerprint density at radius 2 is 1.65 bits per heavy atom. The number of anilines is 2. The number of hydrogen-bond donors (Lipinski definition) is 4. The van der Waals surface area contributed by atoms with Crippen LogP contribution in [0.2, 0.25) is 0 Å². The number of unbranched alkanes of at least 4 members (excludes halogenated alkanes) is 2. The van der Waals surface area contributed by atoms with Crippen molar-refractivity contribution in [2.45, 2.75) is 43.0 Å². The van der Waals surface area contributed by atoms with Gasteiger partial charge in [-0.15, -0.1) is 0 Å². The fourth-order valence-electron chi connectivity index (χ4n) is 3.74. The zero-order valence-electron chi connectivity index (χ0n) is 19.6. The highest BCUT2D eigenvalue weighted by Crippen LogP contribution is 2.32. The van der Waals surface area contributed by atoms with Gasteiger partial charge in [-0.2, -0.15) is 0 Å². The number of fused-ring (bicyclic) bond motifs is 1. The molecular weight excluding hydrogens is 448 g/mol. The number of benzene rings is 3. The van der Waals surface area contributed by atoms with Crippen molar-refractivity contribution in [2.75, 3.05) is 24.3 Å². The fraction of sp³-hybridized carbons (Fsp3) is 0.308. The summed E-state index contributed by atoms with van der Waals surface area (Å²) in [5.74, 6) is -0.485. The predicted octanol–water partition coefficient (Wildman–Crippen LogP) is 4.97. The van der Waals surface area contributed by atoms with Crippen LogP contribution in [-0.4, -0.2) is 37.2 Å². The first-order chi connectivity index (χ1) is 16.5. The lowest BCUT2D eigenvalue weighted by Crippen LogP contribution is -2.37. The third-order valence-corrected chi connectivity index (χ3v) is 6.51. The number of carbonyl (C=O) groups excluding carboxylic acids is 2. The van der Waals surface area contributed by atoms with Crippen LogP contribution in [0.15, 0.2) is 71.6 Å². The average Bonchev–Trinajstić information content (AvgIpc) is 2.85. The number of rotatable bonds is 12. The van der Waals surface area contributed by atoms with Gasteiger partial charge in [0.15, 0.2) is 0 Å². The Bertz CT molecular complexity index is 1090. The molecule has 0 aliphatic rings. The molecule has 8 heteroatoms. The molecular formula is C26H32N4O3S. The molecule has 0 aliphatic heterocycles. The Morgan fingerprint density at radius 3 is 2.38 bits per heavy atom. The number of nitrogens with one attached hydrogen (secondary N) is 3. The Hall–Kier alpha value is -3.07. The van der Waals surface area contributed by atoms with Crippen LogP contribution in [0.1, 0.15) is 32.1 Å². The molecule has 0 spiro atoms. The highest BCUT2D eigenvalue weighted by atomic mass is 32.2. The van der Waals surface area contributed by atoms with Crippen molar-refractivity contribution in [3.63, 3.8) is 0 Å². The van der Waals surface area contributed by atoms with Crippen LogP contribution < -0.4 is 20.4 Å². The topological polar surface area (TPSA) is 93.7 Å². The molecule has 3 rings (SSSR count). The van der Waals surface area contributed by atoms with Gasteiger partial charge in [-0.05, 0) is 54.4 Å². The third kappa shape index (κ3) is 7.21. The molecule has 0 radical (unpaired) electrons. The van der Waals surface area contributed by atoms with E-state index in [2.05, 4.69) is 39.2 Å². The fourth-order valence-corrected chi connectivity index (χ4v) is 4.67. The minimum absolute atomic E-state index is 0.0963. The minimum atomic E-state index is -0.413. The van der Waals surface area contributed by atoms with E-state index >= 15 is 0 Å². The SMILES string of the molecule is CN(C)c1cccc2c(SN[C@@H](CCCCCC(=O)NO)C(=O)Nc3ccccc3)cccc12. The normalized spacial score (nSPS) is 11.7. The van der Waals surface area contributed by atoms with Crippen LogP contribution >= 0.6 is 11.9 Å². The molecule has 7 nitrogen and oxygen atoms in total. The molecule has 0 bridgehead atoms. The van der Waals surface area contributed by atoms with Gasteiger partial charge >= 0.3 is 0 Å². The molecule has 1 atom stereocenters. The molecule has 3 aromatic carbocycles. The van der Waals surface area contributed by atoms with Gasteiger partial charge < -0.3 is 10.2 Å². The Balaban J connectivity index is 1.70. The van der Waals surface area contributed by atoms with Gasteiger partial charge in [0.1, 0.15) is 0 Å². The molecule has 180 valence electrons. The standard InChI is InChI=1S/C26H32N4O3S/c1-30(2)23-16-9-14-21-20(23)13-10-17-24(21)34-29-22(15-7-4-8-18-25(31)28-33)26(32)27-19-11-5-3-6-12-19/h3,5-6,9-14,16-17,22,29,33H,4,7-8,15,18H2,1-2H3,(H,27,32)(H,28,31)/t22-/m0/s1. The maximum Gasteiger partial charge on any atom is 0.243 e. The highest BCUT2D eigenvalue weighted by molar-refractivity contribution is 7.97. The van der Waals surface area contributed by atoms with E-state index in [1.165, 1.54) is 11.9 Å². The van der Waals surface area contributed by atoms with Crippen molar-refractivity contribution in [3.8, 4) is 0 Å². The Morgan fingerprint density at radius 1 is 0.912 bits per heavy atom. The van der Waals surface area contributed by atoms with Gasteiger partial charge in [-0.25, -0.2) is 10.2 Å². The summed E-state index contributed by atoms with van der Waals surface area (Å²) < 4.78 is 3.38. The highest BCUT2D eigenvalue weighted by Gasteiger charge is 2.19. The zero-order valence-corrected chi connectivity index (χ0v) is 20.4. The minimum Gasteiger partial charge on any atom is -0.377 e. The molecule has 0 aromatic heterocycles. The van der Waals surface area contributed by atoms with Gasteiger partial charge in [0.05, 0.1) is 6.04 Å². The summed E-state index contributed by atoms with van der Waals surface area (Å²) in [5.41, 5.74) is 3.55. The number of carbonyl (C=O) groups is 2. The second-order valence-electron chi connectivity index (χ2n) is 8.28. The smallest absolute Gasteiger partial charge is 0.243 e. The van der Waals surface area contributed by atoms with Crippen LogP contribution in [-0.2, 0) is 9.59 Å².